The number of aryl methyl sites for hydroxylation is 2. The molecule has 4 heteroatoms. The van der Waals surface area contributed by atoms with E-state index >= 15 is 0 Å². The van der Waals surface area contributed by atoms with Crippen molar-refractivity contribution >= 4 is 11.8 Å². The van der Waals surface area contributed by atoms with E-state index < -0.39 is 0 Å². The van der Waals surface area contributed by atoms with Gasteiger partial charge in [0.15, 0.2) is 5.16 Å². The zero-order valence-corrected chi connectivity index (χ0v) is 16.3. The van der Waals surface area contributed by atoms with E-state index in [1.807, 2.05) is 26.0 Å². The van der Waals surface area contributed by atoms with E-state index in [1.165, 1.54) is 0 Å². The summed E-state index contributed by atoms with van der Waals surface area (Å²) in [6.45, 7) is 6.91. The average molecular weight is 365 g/mol. The number of unbranched alkanes of at least 4 members (excludes halogenated alkanes) is 1. The Morgan fingerprint density at radius 2 is 1.65 bits per heavy atom. The first kappa shape index (κ1) is 18.5. The van der Waals surface area contributed by atoms with Gasteiger partial charge in [-0.25, -0.2) is 9.97 Å². The Balaban J connectivity index is 1.92. The lowest BCUT2D eigenvalue weighted by atomic mass is 10.0. The fourth-order valence-electron chi connectivity index (χ4n) is 2.71. The third-order valence-corrected chi connectivity index (χ3v) is 4.82. The Kier molecular flexibility index (Phi) is 6.29. The monoisotopic (exact) mass is 364 g/mol. The van der Waals surface area contributed by atoms with Gasteiger partial charge < -0.3 is 4.74 Å². The number of aromatic nitrogens is 2. The summed E-state index contributed by atoms with van der Waals surface area (Å²) < 4.78 is 6.03. The summed E-state index contributed by atoms with van der Waals surface area (Å²) in [6.07, 6.45) is 2.18. The molecule has 0 atom stereocenters. The lowest BCUT2D eigenvalue weighted by molar-refractivity contribution is 0.310. The predicted octanol–water partition coefficient (Wildman–Crippen LogP) is 6.09. The van der Waals surface area contributed by atoms with Gasteiger partial charge in [0, 0.05) is 21.8 Å². The zero-order valence-electron chi connectivity index (χ0n) is 15.5. The smallest absolute Gasteiger partial charge is 0.192 e. The van der Waals surface area contributed by atoms with Crippen LogP contribution in [0.1, 0.15) is 31.2 Å². The fourth-order valence-corrected chi connectivity index (χ4v) is 3.62. The third kappa shape index (κ3) is 4.85. The SMILES string of the molecule is CCCCOc1ccc(Sc2nc(C)cc(C)n2)cc1-c1ccccc1. The molecule has 0 N–H and O–H groups in total. The molecule has 0 aliphatic carbocycles. The van der Waals surface area contributed by atoms with Crippen LogP contribution in [-0.2, 0) is 0 Å². The van der Waals surface area contributed by atoms with E-state index in [0.29, 0.717) is 0 Å². The molecular formula is C22H24N2OS. The second-order valence-electron chi connectivity index (χ2n) is 6.26. The standard InChI is InChI=1S/C22H24N2OS/c1-4-5-13-25-21-12-11-19(15-20(21)18-9-7-6-8-10-18)26-22-23-16(2)14-17(3)24-22/h6-12,14-15H,4-5,13H2,1-3H3. The van der Waals surface area contributed by atoms with Crippen LogP contribution in [0.25, 0.3) is 11.1 Å². The van der Waals surface area contributed by atoms with Crippen molar-refractivity contribution in [3.05, 3.63) is 66.0 Å². The van der Waals surface area contributed by atoms with Crippen LogP contribution in [0.15, 0.2) is 64.6 Å². The van der Waals surface area contributed by atoms with Gasteiger partial charge >= 0.3 is 0 Å². The van der Waals surface area contributed by atoms with Crippen molar-refractivity contribution in [1.82, 2.24) is 9.97 Å². The van der Waals surface area contributed by atoms with Crippen LogP contribution >= 0.6 is 11.8 Å². The van der Waals surface area contributed by atoms with Gasteiger partial charge in [-0.1, -0.05) is 43.7 Å². The summed E-state index contributed by atoms with van der Waals surface area (Å²) in [4.78, 5) is 10.2. The van der Waals surface area contributed by atoms with E-state index in [1.54, 1.807) is 11.8 Å². The van der Waals surface area contributed by atoms with Crippen molar-refractivity contribution in [2.45, 2.75) is 43.7 Å². The van der Waals surface area contributed by atoms with Gasteiger partial charge in [-0.3, -0.25) is 0 Å². The normalized spacial score (nSPS) is 10.7. The van der Waals surface area contributed by atoms with Crippen molar-refractivity contribution in [3.63, 3.8) is 0 Å². The van der Waals surface area contributed by atoms with Crippen LogP contribution in [0.2, 0.25) is 0 Å². The van der Waals surface area contributed by atoms with Crippen LogP contribution in [-0.4, -0.2) is 16.6 Å². The highest BCUT2D eigenvalue weighted by atomic mass is 32.2. The average Bonchev–Trinajstić information content (AvgIpc) is 2.63. The first-order valence-electron chi connectivity index (χ1n) is 8.98. The molecule has 3 aromatic rings. The Bertz CT molecular complexity index is 845. The maximum atomic E-state index is 6.03. The molecule has 3 nitrogen and oxygen atoms in total. The van der Waals surface area contributed by atoms with Crippen molar-refractivity contribution < 1.29 is 4.74 Å². The summed E-state index contributed by atoms with van der Waals surface area (Å²) in [5.41, 5.74) is 4.24. The van der Waals surface area contributed by atoms with Crippen molar-refractivity contribution in [2.24, 2.45) is 0 Å². The van der Waals surface area contributed by atoms with Crippen LogP contribution in [0, 0.1) is 13.8 Å². The van der Waals surface area contributed by atoms with Crippen molar-refractivity contribution in [1.29, 1.82) is 0 Å². The second-order valence-corrected chi connectivity index (χ2v) is 7.30. The highest BCUT2D eigenvalue weighted by Crippen LogP contribution is 2.36. The number of hydrogen-bond donors (Lipinski definition) is 0. The number of nitrogens with zero attached hydrogens (tertiary/aromatic N) is 2. The third-order valence-electron chi connectivity index (χ3n) is 3.96. The highest BCUT2D eigenvalue weighted by molar-refractivity contribution is 7.99. The summed E-state index contributed by atoms with van der Waals surface area (Å²) in [7, 11) is 0. The Hall–Kier alpha value is -2.33. The fraction of sp³-hybridized carbons (Fsp3) is 0.273. The molecule has 0 fully saturated rings. The van der Waals surface area contributed by atoms with Gasteiger partial charge in [0.25, 0.3) is 0 Å². The second kappa shape index (κ2) is 8.86. The Morgan fingerprint density at radius 3 is 2.35 bits per heavy atom. The number of rotatable bonds is 7. The first-order valence-corrected chi connectivity index (χ1v) is 9.80. The molecule has 1 aromatic heterocycles. The van der Waals surface area contributed by atoms with Crippen LogP contribution in [0.4, 0.5) is 0 Å². The van der Waals surface area contributed by atoms with E-state index in [0.717, 1.165) is 57.8 Å². The van der Waals surface area contributed by atoms with Crippen molar-refractivity contribution in [3.8, 4) is 16.9 Å². The first-order chi connectivity index (χ1) is 12.7. The summed E-state index contributed by atoms with van der Waals surface area (Å²) >= 11 is 1.58. The molecule has 134 valence electrons. The molecule has 0 saturated carbocycles. The molecule has 3 rings (SSSR count). The molecule has 0 unspecified atom stereocenters. The maximum Gasteiger partial charge on any atom is 0.192 e. The summed E-state index contributed by atoms with van der Waals surface area (Å²) in [5, 5.41) is 0.779. The zero-order chi connectivity index (χ0) is 18.4. The lowest BCUT2D eigenvalue weighted by Crippen LogP contribution is -1.98. The largest absolute Gasteiger partial charge is 0.493 e. The molecule has 0 aliphatic heterocycles. The molecule has 0 bridgehead atoms. The summed E-state index contributed by atoms with van der Waals surface area (Å²) in [6, 6.07) is 18.7. The van der Waals surface area contributed by atoms with Crippen LogP contribution in [0.3, 0.4) is 0 Å². The summed E-state index contributed by atoms with van der Waals surface area (Å²) in [5.74, 6) is 0.926. The van der Waals surface area contributed by atoms with Crippen LogP contribution in [0.5, 0.6) is 5.75 Å². The number of hydrogen-bond acceptors (Lipinski definition) is 4. The van der Waals surface area contributed by atoms with Crippen LogP contribution < -0.4 is 4.74 Å². The van der Waals surface area contributed by atoms with Gasteiger partial charge in [-0.15, -0.1) is 0 Å². The van der Waals surface area contributed by atoms with E-state index in [9.17, 15) is 0 Å². The molecule has 2 aromatic carbocycles. The van der Waals surface area contributed by atoms with Gasteiger partial charge in [-0.2, -0.15) is 0 Å². The minimum atomic E-state index is 0.739. The minimum Gasteiger partial charge on any atom is -0.493 e. The Labute approximate surface area is 159 Å². The predicted molar refractivity (Wildman–Crippen MR) is 108 cm³/mol. The topological polar surface area (TPSA) is 35.0 Å². The highest BCUT2D eigenvalue weighted by Gasteiger charge is 2.10. The minimum absolute atomic E-state index is 0.739. The molecule has 26 heavy (non-hydrogen) atoms. The van der Waals surface area contributed by atoms with Gasteiger partial charge in [0.1, 0.15) is 5.75 Å². The van der Waals surface area contributed by atoms with E-state index in [4.69, 9.17) is 4.74 Å². The van der Waals surface area contributed by atoms with Gasteiger partial charge in [0.2, 0.25) is 0 Å². The number of ether oxygens (including phenoxy) is 1. The van der Waals surface area contributed by atoms with Gasteiger partial charge in [-0.05, 0) is 61.9 Å². The lowest BCUT2D eigenvalue weighted by Gasteiger charge is -2.13. The molecule has 0 aliphatic rings. The number of benzene rings is 2. The molecule has 0 amide bonds. The van der Waals surface area contributed by atoms with E-state index in [-0.39, 0.29) is 0 Å². The quantitative estimate of drug-likeness (QED) is 0.375. The van der Waals surface area contributed by atoms with E-state index in [2.05, 4.69) is 59.4 Å². The molecule has 1 heterocycles. The molecule has 0 spiro atoms. The molecule has 0 saturated heterocycles. The molecule has 0 radical (unpaired) electrons. The Morgan fingerprint density at radius 1 is 0.923 bits per heavy atom. The maximum absolute atomic E-state index is 6.03. The van der Waals surface area contributed by atoms with Crippen molar-refractivity contribution in [2.75, 3.05) is 6.61 Å². The molecular weight excluding hydrogens is 340 g/mol. The van der Waals surface area contributed by atoms with Gasteiger partial charge in [0.05, 0.1) is 6.61 Å².